The number of pyridine rings is 1. The number of rotatable bonds is 5. The molecule has 0 saturated heterocycles. The number of hydrogen-bond acceptors (Lipinski definition) is 4. The van der Waals surface area contributed by atoms with Crippen LogP contribution in [-0.2, 0) is 24.2 Å². The molecule has 4 aromatic rings. The highest BCUT2D eigenvalue weighted by molar-refractivity contribution is 6.10. The second kappa shape index (κ2) is 8.66. The third-order valence-electron chi connectivity index (χ3n) is 6.22. The van der Waals surface area contributed by atoms with E-state index in [0.29, 0.717) is 19.4 Å². The smallest absolute Gasteiger partial charge is 0.405 e. The largest absolute Gasteiger partial charge is 0.494 e. The van der Waals surface area contributed by atoms with Crippen LogP contribution >= 0.6 is 0 Å². The molecule has 3 heterocycles. The summed E-state index contributed by atoms with van der Waals surface area (Å²) in [6, 6.07) is 12.9. The molecule has 1 aliphatic heterocycles. The summed E-state index contributed by atoms with van der Waals surface area (Å²) in [5, 5.41) is 13.1. The van der Waals surface area contributed by atoms with Crippen molar-refractivity contribution in [2.75, 3.05) is 20.2 Å². The van der Waals surface area contributed by atoms with Crippen LogP contribution < -0.4 is 10.1 Å². The summed E-state index contributed by atoms with van der Waals surface area (Å²) in [6.07, 6.45) is -0.235. The number of carbonyl (C=O) groups excluding carboxylic acids is 1. The standard InChI is InChI=1S/C25H23FN4O4/c1-34-21-7-6-14(10-17(21)26)11-19-24-23(15-4-2-3-5-18(15)29-24)16-8-9-30(13-20(16)28-19)22(31)12-27-25(32)33/h2-7,10,27,29H,8-9,11-13H2,1H3,(H,32,33). The number of halogens is 1. The molecule has 5 rings (SSSR count). The third-order valence-corrected chi connectivity index (χ3v) is 6.22. The van der Waals surface area contributed by atoms with Crippen molar-refractivity contribution in [2.45, 2.75) is 19.4 Å². The second-order valence-electron chi connectivity index (χ2n) is 8.27. The van der Waals surface area contributed by atoms with Gasteiger partial charge in [-0.25, -0.2) is 9.18 Å². The van der Waals surface area contributed by atoms with Gasteiger partial charge in [-0.2, -0.15) is 0 Å². The van der Waals surface area contributed by atoms with Gasteiger partial charge >= 0.3 is 6.09 Å². The van der Waals surface area contributed by atoms with Crippen molar-refractivity contribution in [1.29, 1.82) is 0 Å². The number of aromatic nitrogens is 2. The predicted octanol–water partition coefficient (Wildman–Crippen LogP) is 3.61. The van der Waals surface area contributed by atoms with Gasteiger partial charge in [0, 0.05) is 29.3 Å². The van der Waals surface area contributed by atoms with Crippen LogP contribution in [0.2, 0.25) is 0 Å². The molecule has 9 heteroatoms. The Morgan fingerprint density at radius 3 is 2.85 bits per heavy atom. The Labute approximate surface area is 194 Å². The molecule has 0 aliphatic carbocycles. The molecule has 3 N–H and O–H groups in total. The summed E-state index contributed by atoms with van der Waals surface area (Å²) < 4.78 is 19.4. The first kappa shape index (κ1) is 21.7. The average molecular weight is 462 g/mol. The van der Waals surface area contributed by atoms with Gasteiger partial charge in [-0.3, -0.25) is 9.78 Å². The molecule has 0 bridgehead atoms. The minimum Gasteiger partial charge on any atom is -0.494 e. The van der Waals surface area contributed by atoms with E-state index in [1.54, 1.807) is 11.0 Å². The molecule has 1 aliphatic rings. The number of aromatic amines is 1. The van der Waals surface area contributed by atoms with Crippen LogP contribution in [0.5, 0.6) is 5.75 Å². The maximum atomic E-state index is 14.3. The first-order valence-electron chi connectivity index (χ1n) is 10.9. The van der Waals surface area contributed by atoms with Gasteiger partial charge in [-0.1, -0.05) is 24.3 Å². The molecular weight excluding hydrogens is 439 g/mol. The zero-order valence-electron chi connectivity index (χ0n) is 18.5. The number of ether oxygens (including phenoxy) is 1. The summed E-state index contributed by atoms with van der Waals surface area (Å²) in [6.45, 7) is 0.485. The Morgan fingerprint density at radius 1 is 1.26 bits per heavy atom. The topological polar surface area (TPSA) is 108 Å². The molecule has 0 unspecified atom stereocenters. The van der Waals surface area contributed by atoms with E-state index >= 15 is 0 Å². The number of nitrogens with zero attached hydrogens (tertiary/aromatic N) is 2. The van der Waals surface area contributed by atoms with E-state index in [2.05, 4.69) is 16.4 Å². The van der Waals surface area contributed by atoms with Crippen molar-refractivity contribution < 1.29 is 23.8 Å². The van der Waals surface area contributed by atoms with Crippen LogP contribution in [0.25, 0.3) is 21.8 Å². The fourth-order valence-electron chi connectivity index (χ4n) is 4.63. The summed E-state index contributed by atoms with van der Waals surface area (Å²) in [7, 11) is 1.43. The van der Waals surface area contributed by atoms with E-state index in [4.69, 9.17) is 14.8 Å². The van der Waals surface area contributed by atoms with Gasteiger partial charge in [-0.05, 0) is 35.7 Å². The molecule has 2 amide bonds. The number of fused-ring (bicyclic) bond motifs is 5. The molecule has 0 atom stereocenters. The maximum Gasteiger partial charge on any atom is 0.405 e. The summed E-state index contributed by atoms with van der Waals surface area (Å²) in [4.78, 5) is 33.3. The molecule has 0 radical (unpaired) electrons. The monoisotopic (exact) mass is 462 g/mol. The molecule has 8 nitrogen and oxygen atoms in total. The predicted molar refractivity (Wildman–Crippen MR) is 125 cm³/mol. The maximum absolute atomic E-state index is 14.3. The number of methoxy groups -OCH3 is 1. The van der Waals surface area contributed by atoms with Gasteiger partial charge in [0.2, 0.25) is 5.91 Å². The van der Waals surface area contributed by atoms with Gasteiger partial charge in [-0.15, -0.1) is 0 Å². The number of amides is 2. The Hall–Kier alpha value is -4.14. The minimum absolute atomic E-state index is 0.182. The van der Waals surface area contributed by atoms with Gasteiger partial charge in [0.05, 0.1) is 30.6 Å². The number of H-pyrrole nitrogens is 1. The Bertz CT molecular complexity index is 1430. The van der Waals surface area contributed by atoms with Crippen molar-refractivity contribution in [3.8, 4) is 5.75 Å². The Kier molecular flexibility index (Phi) is 5.53. The van der Waals surface area contributed by atoms with Crippen molar-refractivity contribution >= 4 is 33.8 Å². The Balaban J connectivity index is 1.58. The van der Waals surface area contributed by atoms with E-state index in [-0.39, 0.29) is 24.7 Å². The number of hydrogen-bond donors (Lipinski definition) is 3. The van der Waals surface area contributed by atoms with Crippen LogP contribution in [-0.4, -0.2) is 52.2 Å². The number of benzene rings is 2. The van der Waals surface area contributed by atoms with Crippen LogP contribution in [0.1, 0.15) is 22.5 Å². The summed E-state index contributed by atoms with van der Waals surface area (Å²) in [5.74, 6) is -0.553. The van der Waals surface area contributed by atoms with Crippen LogP contribution in [0.3, 0.4) is 0 Å². The molecule has 2 aromatic heterocycles. The van der Waals surface area contributed by atoms with Gasteiger partial charge in [0.1, 0.15) is 6.54 Å². The van der Waals surface area contributed by atoms with E-state index in [9.17, 15) is 14.0 Å². The van der Waals surface area contributed by atoms with E-state index in [0.717, 1.165) is 44.3 Å². The van der Waals surface area contributed by atoms with Crippen molar-refractivity contribution in [3.05, 3.63) is 70.8 Å². The highest BCUT2D eigenvalue weighted by Gasteiger charge is 2.26. The van der Waals surface area contributed by atoms with Crippen LogP contribution in [0.15, 0.2) is 42.5 Å². The lowest BCUT2D eigenvalue weighted by Gasteiger charge is -2.29. The average Bonchev–Trinajstić information content (AvgIpc) is 3.22. The summed E-state index contributed by atoms with van der Waals surface area (Å²) in [5.41, 5.74) is 5.25. The highest BCUT2D eigenvalue weighted by atomic mass is 19.1. The molecular formula is C25H23FN4O4. The quantitative estimate of drug-likeness (QED) is 0.420. The highest BCUT2D eigenvalue weighted by Crippen LogP contribution is 2.35. The van der Waals surface area contributed by atoms with E-state index in [1.165, 1.54) is 13.2 Å². The zero-order valence-corrected chi connectivity index (χ0v) is 18.5. The number of nitrogens with one attached hydrogen (secondary N) is 2. The first-order valence-corrected chi connectivity index (χ1v) is 10.9. The third kappa shape index (κ3) is 3.89. The minimum atomic E-state index is -1.24. The lowest BCUT2D eigenvalue weighted by atomic mass is 9.96. The fraction of sp³-hybridized carbons (Fsp3) is 0.240. The summed E-state index contributed by atoms with van der Waals surface area (Å²) >= 11 is 0. The van der Waals surface area contributed by atoms with Crippen LogP contribution in [0, 0.1) is 5.82 Å². The molecule has 174 valence electrons. The molecule has 2 aromatic carbocycles. The van der Waals surface area contributed by atoms with E-state index < -0.39 is 11.9 Å². The zero-order chi connectivity index (χ0) is 23.8. The lowest BCUT2D eigenvalue weighted by Crippen LogP contribution is -2.42. The number of carbonyl (C=O) groups is 2. The molecule has 0 fully saturated rings. The first-order chi connectivity index (χ1) is 16.4. The SMILES string of the molecule is COc1ccc(Cc2nc3c(c4c2[nH]c2ccccc24)CCN(C(=O)CNC(=O)O)C3)cc1F. The number of para-hydroxylation sites is 1. The fourth-order valence-corrected chi connectivity index (χ4v) is 4.63. The van der Waals surface area contributed by atoms with Gasteiger partial charge in [0.25, 0.3) is 0 Å². The lowest BCUT2D eigenvalue weighted by molar-refractivity contribution is -0.131. The Morgan fingerprint density at radius 2 is 2.09 bits per heavy atom. The van der Waals surface area contributed by atoms with Gasteiger partial charge in [0.15, 0.2) is 11.6 Å². The van der Waals surface area contributed by atoms with Crippen molar-refractivity contribution in [3.63, 3.8) is 0 Å². The molecule has 0 saturated carbocycles. The molecule has 34 heavy (non-hydrogen) atoms. The van der Waals surface area contributed by atoms with Gasteiger partial charge < -0.3 is 25.0 Å². The normalized spacial score (nSPS) is 13.2. The second-order valence-corrected chi connectivity index (χ2v) is 8.27. The number of carboxylic acid groups (broad SMARTS) is 1. The molecule has 0 spiro atoms. The van der Waals surface area contributed by atoms with Crippen molar-refractivity contribution in [2.24, 2.45) is 0 Å². The van der Waals surface area contributed by atoms with Crippen molar-refractivity contribution in [1.82, 2.24) is 20.2 Å². The van der Waals surface area contributed by atoms with E-state index in [1.807, 2.05) is 24.3 Å². The van der Waals surface area contributed by atoms with Crippen LogP contribution in [0.4, 0.5) is 9.18 Å².